The molecule has 0 aliphatic carbocycles. The van der Waals surface area contributed by atoms with Crippen molar-refractivity contribution in [2.45, 2.75) is 6.92 Å². The van der Waals surface area contributed by atoms with Crippen LogP contribution in [-0.2, 0) is 4.74 Å². The number of fused-ring (bicyclic) bond motifs is 1. The highest BCUT2D eigenvalue weighted by Crippen LogP contribution is 2.39. The first-order valence-corrected chi connectivity index (χ1v) is 10.1. The Morgan fingerprint density at radius 3 is 2.83 bits per heavy atom. The Labute approximate surface area is 177 Å². The van der Waals surface area contributed by atoms with Crippen molar-refractivity contribution in [1.82, 2.24) is 4.98 Å². The number of carbonyl (C=O) groups is 2. The normalized spacial score (nSPS) is 13.1. The molecule has 154 valence electrons. The Morgan fingerprint density at radius 2 is 2.03 bits per heavy atom. The molecule has 0 atom stereocenters. The van der Waals surface area contributed by atoms with Crippen LogP contribution in [0.1, 0.15) is 17.3 Å². The molecule has 2 aromatic carbocycles. The minimum Gasteiger partial charge on any atom is -0.497 e. The summed E-state index contributed by atoms with van der Waals surface area (Å²) in [5.74, 6) is 0.578. The van der Waals surface area contributed by atoms with E-state index in [1.54, 1.807) is 31.2 Å². The second-order valence-corrected chi connectivity index (χ2v) is 7.38. The molecule has 0 radical (unpaired) electrons. The average Bonchev–Trinajstić information content (AvgIpc) is 3.22. The average molecular weight is 424 g/mol. The van der Waals surface area contributed by atoms with Gasteiger partial charge in [-0.25, -0.2) is 9.78 Å². The van der Waals surface area contributed by atoms with Crippen LogP contribution in [0.25, 0.3) is 0 Å². The summed E-state index contributed by atoms with van der Waals surface area (Å²) in [4.78, 5) is 32.8. The highest BCUT2D eigenvalue weighted by Gasteiger charge is 2.32. The molecule has 1 aromatic heterocycles. The number of ether oxygens (including phenoxy) is 2. The Hall–Kier alpha value is -3.59. The second kappa shape index (κ2) is 8.42. The van der Waals surface area contributed by atoms with E-state index in [-0.39, 0.29) is 12.5 Å². The van der Waals surface area contributed by atoms with Crippen LogP contribution in [0.15, 0.2) is 54.7 Å². The third-order valence-corrected chi connectivity index (χ3v) is 5.50. The van der Waals surface area contributed by atoms with Gasteiger partial charge >= 0.3 is 6.09 Å². The van der Waals surface area contributed by atoms with Gasteiger partial charge in [0.05, 0.1) is 31.2 Å². The van der Waals surface area contributed by atoms with Gasteiger partial charge < -0.3 is 14.4 Å². The molecule has 9 heteroatoms. The first kappa shape index (κ1) is 19.7. The molecule has 2 amide bonds. The zero-order valence-electron chi connectivity index (χ0n) is 16.5. The Balaban J connectivity index is 1.69. The van der Waals surface area contributed by atoms with Gasteiger partial charge in [-0.15, -0.1) is 0 Å². The van der Waals surface area contributed by atoms with Crippen LogP contribution in [-0.4, -0.2) is 37.4 Å². The molecule has 30 heavy (non-hydrogen) atoms. The summed E-state index contributed by atoms with van der Waals surface area (Å²) in [7, 11) is 1.59. The lowest BCUT2D eigenvalue weighted by molar-refractivity contribution is 0.0983. The van der Waals surface area contributed by atoms with E-state index in [1.165, 1.54) is 11.3 Å². The van der Waals surface area contributed by atoms with Crippen molar-refractivity contribution in [3.05, 3.63) is 60.3 Å². The summed E-state index contributed by atoms with van der Waals surface area (Å²) in [5.41, 5.74) is 2.10. The number of amides is 2. The highest BCUT2D eigenvalue weighted by atomic mass is 32.1. The fourth-order valence-corrected chi connectivity index (χ4v) is 3.99. The lowest BCUT2D eigenvalue weighted by Gasteiger charge is -2.37. The number of benzene rings is 2. The van der Waals surface area contributed by atoms with Gasteiger partial charge in [-0.1, -0.05) is 29.5 Å². The molecule has 2 heterocycles. The number of hydrogen-bond donors (Lipinski definition) is 1. The summed E-state index contributed by atoms with van der Waals surface area (Å²) in [6.45, 7) is 2.31. The molecule has 4 rings (SSSR count). The maximum Gasteiger partial charge on any atom is 0.413 e. The summed E-state index contributed by atoms with van der Waals surface area (Å²) >= 11 is 1.30. The monoisotopic (exact) mass is 424 g/mol. The van der Waals surface area contributed by atoms with Crippen LogP contribution in [0.2, 0.25) is 0 Å². The van der Waals surface area contributed by atoms with E-state index in [0.717, 1.165) is 16.4 Å². The number of hydrogen-bond acceptors (Lipinski definition) is 7. The standard InChI is InChI=1S/C21H20N4O4S/c1-3-29-21(27)23-20-22-12-18(30-20)25-13-24(14-7-6-8-15(11-14)28-2)19(26)16-9-4-5-10-17(16)25/h4-12H,3,13H2,1-2H3,(H,22,23,27). The van der Waals surface area contributed by atoms with E-state index in [2.05, 4.69) is 10.3 Å². The molecule has 0 saturated heterocycles. The maximum absolute atomic E-state index is 13.2. The van der Waals surface area contributed by atoms with Crippen molar-refractivity contribution in [1.29, 1.82) is 0 Å². The van der Waals surface area contributed by atoms with E-state index < -0.39 is 6.09 Å². The molecule has 8 nitrogen and oxygen atoms in total. The number of para-hydroxylation sites is 1. The fourth-order valence-electron chi connectivity index (χ4n) is 3.19. The molecule has 0 unspecified atom stereocenters. The largest absolute Gasteiger partial charge is 0.497 e. The number of rotatable bonds is 5. The number of methoxy groups -OCH3 is 1. The predicted octanol–water partition coefficient (Wildman–Crippen LogP) is 4.48. The van der Waals surface area contributed by atoms with E-state index in [0.29, 0.717) is 23.1 Å². The molecule has 1 aliphatic heterocycles. The number of nitrogens with zero attached hydrogens (tertiary/aromatic N) is 3. The number of anilines is 4. The Bertz CT molecular complexity index is 1080. The summed E-state index contributed by atoms with van der Waals surface area (Å²) in [6.07, 6.45) is 1.12. The van der Waals surface area contributed by atoms with Crippen molar-refractivity contribution >= 4 is 44.8 Å². The molecule has 1 N–H and O–H groups in total. The van der Waals surface area contributed by atoms with Gasteiger partial charge in [0.2, 0.25) is 0 Å². The lowest BCUT2D eigenvalue weighted by atomic mass is 10.1. The number of nitrogens with one attached hydrogen (secondary N) is 1. The molecular formula is C21H20N4O4S. The Morgan fingerprint density at radius 1 is 1.20 bits per heavy atom. The van der Waals surface area contributed by atoms with Crippen molar-refractivity contribution in [3.8, 4) is 5.75 Å². The van der Waals surface area contributed by atoms with Gasteiger partial charge in [-0.2, -0.15) is 0 Å². The van der Waals surface area contributed by atoms with Crippen LogP contribution in [0.4, 0.5) is 26.3 Å². The molecule has 0 saturated carbocycles. The van der Waals surface area contributed by atoms with Crippen LogP contribution in [0, 0.1) is 0 Å². The van der Waals surface area contributed by atoms with E-state index >= 15 is 0 Å². The third kappa shape index (κ3) is 3.79. The van der Waals surface area contributed by atoms with Crippen LogP contribution >= 0.6 is 11.3 Å². The molecule has 0 spiro atoms. The lowest BCUT2D eigenvalue weighted by Crippen LogP contribution is -2.44. The van der Waals surface area contributed by atoms with Gasteiger partial charge in [-0.3, -0.25) is 15.0 Å². The summed E-state index contributed by atoms with van der Waals surface area (Å²) in [5, 5.41) is 3.82. The van der Waals surface area contributed by atoms with Crippen molar-refractivity contribution in [2.75, 3.05) is 35.5 Å². The topological polar surface area (TPSA) is 84.0 Å². The minimum absolute atomic E-state index is 0.0931. The van der Waals surface area contributed by atoms with Crippen molar-refractivity contribution in [2.24, 2.45) is 0 Å². The smallest absolute Gasteiger partial charge is 0.413 e. The molecule has 0 bridgehead atoms. The molecular weight excluding hydrogens is 404 g/mol. The summed E-state index contributed by atoms with van der Waals surface area (Å²) < 4.78 is 10.2. The zero-order chi connectivity index (χ0) is 21.1. The molecule has 0 fully saturated rings. The molecule has 3 aromatic rings. The first-order valence-electron chi connectivity index (χ1n) is 9.32. The molecule has 1 aliphatic rings. The van der Waals surface area contributed by atoms with Crippen molar-refractivity contribution < 1.29 is 19.1 Å². The quantitative estimate of drug-likeness (QED) is 0.650. The SMILES string of the molecule is CCOC(=O)Nc1ncc(N2CN(c3cccc(OC)c3)C(=O)c3ccccc32)s1. The minimum atomic E-state index is -0.550. The van der Waals surface area contributed by atoms with Gasteiger partial charge in [0, 0.05) is 11.8 Å². The van der Waals surface area contributed by atoms with Gasteiger partial charge in [0.25, 0.3) is 5.91 Å². The maximum atomic E-state index is 13.2. The van der Waals surface area contributed by atoms with Crippen LogP contribution in [0.3, 0.4) is 0 Å². The zero-order valence-corrected chi connectivity index (χ0v) is 17.3. The first-order chi connectivity index (χ1) is 14.6. The number of carbonyl (C=O) groups excluding carboxylic acids is 2. The van der Waals surface area contributed by atoms with Gasteiger partial charge in [0.15, 0.2) is 5.13 Å². The number of thiazole rings is 1. The second-order valence-electron chi connectivity index (χ2n) is 6.37. The Kier molecular flexibility index (Phi) is 5.53. The van der Waals surface area contributed by atoms with Gasteiger partial charge in [-0.05, 0) is 31.2 Å². The predicted molar refractivity (Wildman–Crippen MR) is 116 cm³/mol. The number of aromatic nitrogens is 1. The van der Waals surface area contributed by atoms with Gasteiger partial charge in [0.1, 0.15) is 17.4 Å². The van der Waals surface area contributed by atoms with E-state index in [4.69, 9.17) is 9.47 Å². The van der Waals surface area contributed by atoms with Crippen LogP contribution < -0.4 is 19.9 Å². The van der Waals surface area contributed by atoms with Crippen LogP contribution in [0.5, 0.6) is 5.75 Å². The van der Waals surface area contributed by atoms with E-state index in [9.17, 15) is 9.59 Å². The van der Waals surface area contributed by atoms with E-state index in [1.807, 2.05) is 47.4 Å². The third-order valence-electron chi connectivity index (χ3n) is 4.56. The highest BCUT2D eigenvalue weighted by molar-refractivity contribution is 7.19. The fraction of sp³-hybridized carbons (Fsp3) is 0.190. The van der Waals surface area contributed by atoms with Crippen molar-refractivity contribution in [3.63, 3.8) is 0 Å². The summed E-state index contributed by atoms with van der Waals surface area (Å²) in [6, 6.07) is 14.8.